The van der Waals surface area contributed by atoms with Crippen molar-refractivity contribution in [3.05, 3.63) is 0 Å². The zero-order chi connectivity index (χ0) is 8.69. The van der Waals surface area contributed by atoms with E-state index in [0.717, 1.165) is 4.05 Å². The molecule has 2 N–H and O–H groups in total. The third-order valence-electron chi connectivity index (χ3n) is 1.65. The topological polar surface area (TPSA) is 26.0 Å². The van der Waals surface area contributed by atoms with Crippen molar-refractivity contribution in [2.45, 2.75) is 56.0 Å². The van der Waals surface area contributed by atoms with Crippen LogP contribution in [0.15, 0.2) is 0 Å². The number of nitrogens with two attached hydrogens (primary N) is 1. The fourth-order valence-corrected chi connectivity index (χ4v) is 1.13. The molecule has 0 amide bonds. The molecule has 0 aromatic carbocycles. The average molecular weight is 203 g/mol. The molecule has 1 nitrogen and oxygen atoms in total. The summed E-state index contributed by atoms with van der Waals surface area (Å²) in [5, 5.41) is 0. The maximum Gasteiger partial charge on any atom is 1.41 e. The van der Waals surface area contributed by atoms with Crippen molar-refractivity contribution in [3.8, 4) is 0 Å². The van der Waals surface area contributed by atoms with Crippen molar-refractivity contribution >= 4 is 34.1 Å². The summed E-state index contributed by atoms with van der Waals surface area (Å²) in [7, 11) is 0. The Bertz CT molecular complexity index is 79.8. The predicted molar refractivity (Wildman–Crippen MR) is 59.2 cm³/mol. The van der Waals surface area contributed by atoms with Crippen LogP contribution in [0.2, 0.25) is 4.05 Å². The standard InChI is InChI=1S/C6H13N.C3H7.ClH.Mg/c7-6-4-2-1-3-5-6;1-3-2;;/h6H,1-5,7H2;3H,1-2H3;1H;/q;;;+2. The Morgan fingerprint density at radius 2 is 1.50 bits per heavy atom. The minimum absolute atomic E-state index is 0. The van der Waals surface area contributed by atoms with Crippen LogP contribution in [-0.4, -0.2) is 27.8 Å². The lowest BCUT2D eigenvalue weighted by Crippen LogP contribution is -2.22. The second-order valence-electron chi connectivity index (χ2n) is 3.79. The minimum Gasteiger partial charge on any atom is -0.328 e. The van der Waals surface area contributed by atoms with Crippen LogP contribution in [0, 0.1) is 0 Å². The lowest BCUT2D eigenvalue weighted by atomic mass is 9.97. The molecular weight excluding hydrogens is 182 g/mol. The lowest BCUT2D eigenvalue weighted by molar-refractivity contribution is 0.441. The van der Waals surface area contributed by atoms with Crippen molar-refractivity contribution in [2.75, 3.05) is 0 Å². The Kier molecular flexibility index (Phi) is 13.0. The van der Waals surface area contributed by atoms with Crippen LogP contribution in [0.25, 0.3) is 0 Å². The van der Waals surface area contributed by atoms with E-state index in [1.54, 1.807) is 0 Å². The van der Waals surface area contributed by atoms with E-state index in [1.165, 1.54) is 32.1 Å². The average Bonchev–Trinajstić information content (AvgIpc) is 1.87. The molecule has 0 aromatic heterocycles. The zero-order valence-corrected chi connectivity index (χ0v) is 10.6. The van der Waals surface area contributed by atoms with Crippen molar-refractivity contribution in [3.63, 3.8) is 0 Å². The minimum atomic E-state index is 0. The van der Waals surface area contributed by atoms with Gasteiger partial charge in [0, 0.05) is 19.9 Å². The molecule has 0 bridgehead atoms. The summed E-state index contributed by atoms with van der Waals surface area (Å²) in [6, 6.07) is 0.536. The van der Waals surface area contributed by atoms with E-state index in [4.69, 9.17) is 5.73 Å². The summed E-state index contributed by atoms with van der Waals surface area (Å²) < 4.78 is 0.861. The van der Waals surface area contributed by atoms with Crippen LogP contribution in [-0.2, 0) is 0 Å². The summed E-state index contributed by atoms with van der Waals surface area (Å²) in [5.41, 5.74) is 5.63. The van der Waals surface area contributed by atoms with Gasteiger partial charge in [-0.1, -0.05) is 19.3 Å². The third-order valence-corrected chi connectivity index (χ3v) is 1.65. The number of hydrogen-bond acceptors (Lipinski definition) is 1. The van der Waals surface area contributed by atoms with Gasteiger partial charge >= 0.3 is 21.7 Å². The number of hydrogen-bond donors (Lipinski definition) is 1. The maximum absolute atomic E-state index is 5.63. The Labute approximate surface area is 95.7 Å². The van der Waals surface area contributed by atoms with Gasteiger partial charge in [0.25, 0.3) is 4.05 Å². The first kappa shape index (κ1) is 15.5. The predicted octanol–water partition coefficient (Wildman–Crippen LogP) is 2.68. The van der Waals surface area contributed by atoms with Crippen LogP contribution >= 0.6 is 12.4 Å². The normalized spacial score (nSPS) is 17.8. The molecule has 0 spiro atoms. The van der Waals surface area contributed by atoms with Crippen LogP contribution in [0.1, 0.15) is 46.0 Å². The molecule has 1 fully saturated rings. The molecule has 7 radical (unpaired) electrons. The molecule has 0 heterocycles. The van der Waals surface area contributed by atoms with Crippen molar-refractivity contribution in [2.24, 2.45) is 5.73 Å². The van der Waals surface area contributed by atoms with Crippen LogP contribution < -0.4 is 5.73 Å². The Balaban J connectivity index is 0. The van der Waals surface area contributed by atoms with Gasteiger partial charge in [0.05, 0.1) is 0 Å². The molecule has 3 heteroatoms. The largest absolute Gasteiger partial charge is 1.41 e. The molecule has 0 aromatic rings. The van der Waals surface area contributed by atoms with Crippen molar-refractivity contribution in [1.29, 1.82) is 0 Å². The second kappa shape index (κ2) is 10.1. The SMILES string of the molecule is C[CH](C)[Mg+2].Cl.NC1CCCCC1. The van der Waals surface area contributed by atoms with Gasteiger partial charge < -0.3 is 5.73 Å². The summed E-state index contributed by atoms with van der Waals surface area (Å²) in [6.07, 6.45) is 6.66. The van der Waals surface area contributed by atoms with Gasteiger partial charge in [0.1, 0.15) is 0 Å². The summed E-state index contributed by atoms with van der Waals surface area (Å²) in [4.78, 5) is 0. The fraction of sp³-hybridized carbons (Fsp3) is 1.00. The van der Waals surface area contributed by atoms with Crippen LogP contribution in [0.5, 0.6) is 0 Å². The first-order valence-corrected chi connectivity index (χ1v) is 5.53. The molecule has 0 aliphatic heterocycles. The number of halogens is 1. The molecule has 1 aliphatic carbocycles. The molecular formula is C9H21ClMgN+2. The Morgan fingerprint density at radius 3 is 1.67 bits per heavy atom. The quantitative estimate of drug-likeness (QED) is 0.601. The highest BCUT2D eigenvalue weighted by Gasteiger charge is 2.29. The summed E-state index contributed by atoms with van der Waals surface area (Å²) in [6.45, 7) is 4.36. The Hall–Kier alpha value is 1.02. The van der Waals surface area contributed by atoms with Gasteiger partial charge in [0.15, 0.2) is 0 Å². The van der Waals surface area contributed by atoms with Gasteiger partial charge in [-0.15, -0.1) is 12.4 Å². The third kappa shape index (κ3) is 13.6. The molecule has 1 rings (SSSR count). The van der Waals surface area contributed by atoms with E-state index in [2.05, 4.69) is 13.8 Å². The maximum atomic E-state index is 5.63. The monoisotopic (exact) mass is 202 g/mol. The smallest absolute Gasteiger partial charge is 0.328 e. The lowest BCUT2D eigenvalue weighted by Gasteiger charge is -2.15. The van der Waals surface area contributed by atoms with E-state index in [9.17, 15) is 0 Å². The molecule has 69 valence electrons. The Morgan fingerprint density at radius 1 is 1.17 bits per heavy atom. The first-order valence-electron chi connectivity index (χ1n) is 4.71. The van der Waals surface area contributed by atoms with Crippen LogP contribution in [0.3, 0.4) is 0 Å². The summed E-state index contributed by atoms with van der Waals surface area (Å²) in [5.74, 6) is 0. The van der Waals surface area contributed by atoms with E-state index >= 15 is 0 Å². The molecule has 0 saturated heterocycles. The molecule has 1 aliphatic rings. The second-order valence-corrected chi connectivity index (χ2v) is 5.42. The van der Waals surface area contributed by atoms with E-state index in [1.807, 2.05) is 21.7 Å². The highest BCUT2D eigenvalue weighted by Crippen LogP contribution is 2.14. The van der Waals surface area contributed by atoms with Crippen LogP contribution in [0.4, 0.5) is 0 Å². The fourth-order valence-electron chi connectivity index (χ4n) is 1.13. The molecule has 12 heavy (non-hydrogen) atoms. The number of rotatable bonds is 0. The van der Waals surface area contributed by atoms with E-state index in [-0.39, 0.29) is 12.4 Å². The zero-order valence-electron chi connectivity index (χ0n) is 8.38. The van der Waals surface area contributed by atoms with Gasteiger partial charge in [-0.25, -0.2) is 0 Å². The van der Waals surface area contributed by atoms with Gasteiger partial charge in [-0.3, -0.25) is 0 Å². The molecule has 1 saturated carbocycles. The van der Waals surface area contributed by atoms with Gasteiger partial charge in [-0.2, -0.15) is 0 Å². The highest BCUT2D eigenvalue weighted by molar-refractivity contribution is 6.10. The summed E-state index contributed by atoms with van der Waals surface area (Å²) >= 11 is 2.00. The molecule has 0 atom stereocenters. The first-order chi connectivity index (χ1) is 5.13. The van der Waals surface area contributed by atoms with Crippen molar-refractivity contribution < 1.29 is 0 Å². The van der Waals surface area contributed by atoms with Crippen molar-refractivity contribution in [1.82, 2.24) is 0 Å². The highest BCUT2D eigenvalue weighted by atomic mass is 35.5. The van der Waals surface area contributed by atoms with E-state index < -0.39 is 0 Å². The van der Waals surface area contributed by atoms with Gasteiger partial charge in [0.2, 0.25) is 0 Å². The van der Waals surface area contributed by atoms with E-state index in [0.29, 0.717) is 6.04 Å². The molecule has 0 unspecified atom stereocenters. The van der Waals surface area contributed by atoms with Gasteiger partial charge in [-0.05, 0) is 12.8 Å².